The molecule has 102 valence electrons. The molecule has 0 fully saturated rings. The Balaban J connectivity index is 2.56. The fourth-order valence-corrected chi connectivity index (χ4v) is 1.44. The van der Waals surface area contributed by atoms with Crippen LogP contribution in [0.1, 0.15) is 29.4 Å². The molecule has 1 aromatic rings. The molecule has 0 aliphatic rings. The number of hydrogen-bond acceptors (Lipinski definition) is 4. The third-order valence-electron chi connectivity index (χ3n) is 2.30. The summed E-state index contributed by atoms with van der Waals surface area (Å²) in [5.41, 5.74) is 6.25. The number of pyridine rings is 1. The number of ether oxygens (including phenoxy) is 1. The van der Waals surface area contributed by atoms with Crippen LogP contribution in [0.2, 0.25) is 0 Å². The average Bonchev–Trinajstić information content (AvgIpc) is 2.45. The first-order chi connectivity index (χ1) is 9.29. The molecule has 0 radical (unpaired) electrons. The SMILES string of the molecule is CCOCCCNC(=O)c1ncccc1C#CCN. The lowest BCUT2D eigenvalue weighted by atomic mass is 10.2. The second-order valence-corrected chi connectivity index (χ2v) is 3.71. The summed E-state index contributed by atoms with van der Waals surface area (Å²) in [6, 6.07) is 3.50. The number of nitrogens with two attached hydrogens (primary N) is 1. The zero-order valence-corrected chi connectivity index (χ0v) is 11.1. The van der Waals surface area contributed by atoms with Gasteiger partial charge in [0, 0.05) is 26.0 Å². The molecule has 1 heterocycles. The number of nitrogens with zero attached hydrogens (tertiary/aromatic N) is 1. The summed E-state index contributed by atoms with van der Waals surface area (Å²) in [6.07, 6.45) is 2.35. The van der Waals surface area contributed by atoms with E-state index >= 15 is 0 Å². The highest BCUT2D eigenvalue weighted by Gasteiger charge is 2.10. The van der Waals surface area contributed by atoms with Crippen molar-refractivity contribution in [2.75, 3.05) is 26.3 Å². The zero-order valence-electron chi connectivity index (χ0n) is 11.1. The molecule has 5 nitrogen and oxygen atoms in total. The third-order valence-corrected chi connectivity index (χ3v) is 2.30. The molecule has 3 N–H and O–H groups in total. The minimum absolute atomic E-state index is 0.224. The van der Waals surface area contributed by atoms with Gasteiger partial charge in [-0.2, -0.15) is 0 Å². The molecule has 0 saturated heterocycles. The van der Waals surface area contributed by atoms with Crippen LogP contribution in [0.4, 0.5) is 0 Å². The molecule has 0 atom stereocenters. The molecule has 0 unspecified atom stereocenters. The third kappa shape index (κ3) is 5.51. The van der Waals surface area contributed by atoms with Crippen molar-refractivity contribution in [3.8, 4) is 11.8 Å². The Morgan fingerprint density at radius 3 is 3.16 bits per heavy atom. The van der Waals surface area contributed by atoms with Crippen LogP contribution in [-0.2, 0) is 4.74 Å². The number of rotatable bonds is 6. The van der Waals surface area contributed by atoms with E-state index in [4.69, 9.17) is 10.5 Å². The molecule has 19 heavy (non-hydrogen) atoms. The fourth-order valence-electron chi connectivity index (χ4n) is 1.44. The average molecular weight is 261 g/mol. The van der Waals surface area contributed by atoms with Gasteiger partial charge in [-0.1, -0.05) is 11.8 Å². The fraction of sp³-hybridized carbons (Fsp3) is 0.429. The molecule has 5 heteroatoms. The molecule has 0 bridgehead atoms. The lowest BCUT2D eigenvalue weighted by Gasteiger charge is -2.06. The largest absolute Gasteiger partial charge is 0.382 e. The Labute approximate surface area is 113 Å². The van der Waals surface area contributed by atoms with Crippen LogP contribution in [0, 0.1) is 11.8 Å². The number of carbonyl (C=O) groups is 1. The van der Waals surface area contributed by atoms with Crippen molar-refractivity contribution in [1.82, 2.24) is 10.3 Å². The van der Waals surface area contributed by atoms with Gasteiger partial charge in [-0.25, -0.2) is 4.98 Å². The second kappa shape index (κ2) is 9.09. The van der Waals surface area contributed by atoms with Crippen LogP contribution in [0.15, 0.2) is 18.3 Å². The van der Waals surface area contributed by atoms with E-state index in [9.17, 15) is 4.79 Å². The Bertz CT molecular complexity index is 463. The molecule has 0 spiro atoms. The Kier molecular flexibility index (Phi) is 7.25. The highest BCUT2D eigenvalue weighted by Crippen LogP contribution is 2.03. The van der Waals surface area contributed by atoms with E-state index < -0.39 is 0 Å². The van der Waals surface area contributed by atoms with E-state index in [0.717, 1.165) is 6.42 Å². The van der Waals surface area contributed by atoms with E-state index in [1.54, 1.807) is 18.3 Å². The standard InChI is InChI=1S/C14H19N3O2/c1-2-19-11-5-10-17-14(18)13-12(6-3-8-15)7-4-9-16-13/h4,7,9H,2,5,8,10-11,15H2,1H3,(H,17,18). The number of aromatic nitrogens is 1. The lowest BCUT2D eigenvalue weighted by Crippen LogP contribution is -2.27. The number of hydrogen-bond donors (Lipinski definition) is 2. The highest BCUT2D eigenvalue weighted by molar-refractivity contribution is 5.94. The summed E-state index contributed by atoms with van der Waals surface area (Å²) in [5.74, 6) is 5.34. The normalized spacial score (nSPS) is 9.58. The molecule has 1 rings (SSSR count). The summed E-state index contributed by atoms with van der Waals surface area (Å²) in [7, 11) is 0. The van der Waals surface area contributed by atoms with Crippen molar-refractivity contribution in [2.45, 2.75) is 13.3 Å². The van der Waals surface area contributed by atoms with Crippen molar-refractivity contribution < 1.29 is 9.53 Å². The Hall–Kier alpha value is -1.90. The van der Waals surface area contributed by atoms with Gasteiger partial charge in [0.2, 0.25) is 0 Å². The van der Waals surface area contributed by atoms with E-state index in [2.05, 4.69) is 22.1 Å². The van der Waals surface area contributed by atoms with Crippen molar-refractivity contribution in [1.29, 1.82) is 0 Å². The van der Waals surface area contributed by atoms with Gasteiger partial charge in [-0.05, 0) is 25.5 Å². The first kappa shape index (κ1) is 15.2. The molecule has 0 aliphatic heterocycles. The van der Waals surface area contributed by atoms with Crippen molar-refractivity contribution in [3.63, 3.8) is 0 Å². The maximum atomic E-state index is 11.9. The van der Waals surface area contributed by atoms with E-state index in [1.165, 1.54) is 0 Å². The van der Waals surface area contributed by atoms with Crippen LogP contribution in [0.5, 0.6) is 0 Å². The van der Waals surface area contributed by atoms with Gasteiger partial charge in [0.05, 0.1) is 12.1 Å². The predicted octanol–water partition coefficient (Wildman–Crippen LogP) is 0.548. The molecule has 1 amide bonds. The smallest absolute Gasteiger partial charge is 0.271 e. The zero-order chi connectivity index (χ0) is 13.9. The number of nitrogens with one attached hydrogen (secondary N) is 1. The topological polar surface area (TPSA) is 77.2 Å². The number of carbonyl (C=O) groups excluding carboxylic acids is 1. The first-order valence-corrected chi connectivity index (χ1v) is 6.29. The monoisotopic (exact) mass is 261 g/mol. The van der Waals surface area contributed by atoms with Crippen LogP contribution in [-0.4, -0.2) is 37.2 Å². The van der Waals surface area contributed by atoms with Gasteiger partial charge < -0.3 is 15.8 Å². The van der Waals surface area contributed by atoms with Crippen molar-refractivity contribution >= 4 is 5.91 Å². The van der Waals surface area contributed by atoms with Crippen LogP contribution in [0.3, 0.4) is 0 Å². The van der Waals surface area contributed by atoms with E-state index in [0.29, 0.717) is 31.0 Å². The molecule has 0 aromatic carbocycles. The minimum atomic E-state index is -0.224. The highest BCUT2D eigenvalue weighted by atomic mass is 16.5. The second-order valence-electron chi connectivity index (χ2n) is 3.71. The maximum absolute atomic E-state index is 11.9. The van der Waals surface area contributed by atoms with Crippen LogP contribution >= 0.6 is 0 Å². The molecule has 1 aromatic heterocycles. The van der Waals surface area contributed by atoms with E-state index in [1.807, 2.05) is 6.92 Å². The van der Waals surface area contributed by atoms with Gasteiger partial charge in [-0.15, -0.1) is 0 Å². The predicted molar refractivity (Wildman–Crippen MR) is 73.6 cm³/mol. The van der Waals surface area contributed by atoms with Crippen LogP contribution in [0.25, 0.3) is 0 Å². The molecule has 0 saturated carbocycles. The lowest BCUT2D eigenvalue weighted by molar-refractivity contribution is 0.0939. The summed E-state index contributed by atoms with van der Waals surface area (Å²) in [5, 5.41) is 2.79. The van der Waals surface area contributed by atoms with Gasteiger partial charge in [0.25, 0.3) is 5.91 Å². The summed E-state index contributed by atoms with van der Waals surface area (Å²) < 4.78 is 5.19. The molecular formula is C14H19N3O2. The maximum Gasteiger partial charge on any atom is 0.271 e. The number of amides is 1. The summed E-state index contributed by atoms with van der Waals surface area (Å²) in [4.78, 5) is 16.0. The first-order valence-electron chi connectivity index (χ1n) is 6.29. The molecule has 0 aliphatic carbocycles. The van der Waals surface area contributed by atoms with Gasteiger partial charge in [0.15, 0.2) is 0 Å². The van der Waals surface area contributed by atoms with Gasteiger partial charge >= 0.3 is 0 Å². The van der Waals surface area contributed by atoms with Crippen molar-refractivity contribution in [3.05, 3.63) is 29.6 Å². The quantitative estimate of drug-likeness (QED) is 0.579. The van der Waals surface area contributed by atoms with E-state index in [-0.39, 0.29) is 12.5 Å². The summed E-state index contributed by atoms with van der Waals surface area (Å²) in [6.45, 7) is 4.07. The minimum Gasteiger partial charge on any atom is -0.382 e. The van der Waals surface area contributed by atoms with Crippen LogP contribution < -0.4 is 11.1 Å². The van der Waals surface area contributed by atoms with Crippen molar-refractivity contribution in [2.24, 2.45) is 5.73 Å². The summed E-state index contributed by atoms with van der Waals surface area (Å²) >= 11 is 0. The molecular weight excluding hydrogens is 242 g/mol. The van der Waals surface area contributed by atoms with Gasteiger partial charge in [-0.3, -0.25) is 4.79 Å². The van der Waals surface area contributed by atoms with Gasteiger partial charge in [0.1, 0.15) is 5.69 Å². The Morgan fingerprint density at radius 1 is 1.58 bits per heavy atom. The Morgan fingerprint density at radius 2 is 2.42 bits per heavy atom.